The third-order valence-corrected chi connectivity index (χ3v) is 5.01. The molecule has 5 nitrogen and oxygen atoms in total. The number of fused-ring (bicyclic) bond motifs is 1. The molecule has 1 aromatic carbocycles. The maximum Gasteiger partial charge on any atom is 0.341 e. The number of hydrogen-bond acceptors (Lipinski definition) is 5. The molecule has 1 amide bonds. The van der Waals surface area contributed by atoms with Crippen LogP contribution in [0.4, 0.5) is 5.00 Å². The van der Waals surface area contributed by atoms with Gasteiger partial charge in [-0.05, 0) is 37.6 Å². The molecule has 27 heavy (non-hydrogen) atoms. The fourth-order valence-electron chi connectivity index (χ4n) is 2.57. The number of furan rings is 1. The maximum absolute atomic E-state index is 12.6. The number of carbonyl (C=O) groups excluding carboxylic acids is 2. The van der Waals surface area contributed by atoms with E-state index < -0.39 is 5.97 Å². The highest BCUT2D eigenvalue weighted by molar-refractivity contribution is 7.23. The van der Waals surface area contributed by atoms with Crippen LogP contribution in [0.2, 0.25) is 0 Å². The Hall–Kier alpha value is -2.86. The van der Waals surface area contributed by atoms with Gasteiger partial charge in [-0.1, -0.05) is 31.5 Å². The topological polar surface area (TPSA) is 68.5 Å². The van der Waals surface area contributed by atoms with Crippen molar-refractivity contribution in [2.24, 2.45) is 0 Å². The van der Waals surface area contributed by atoms with Gasteiger partial charge in [-0.2, -0.15) is 0 Å². The zero-order valence-electron chi connectivity index (χ0n) is 15.3. The van der Waals surface area contributed by atoms with Gasteiger partial charge in [0.15, 0.2) is 0 Å². The summed E-state index contributed by atoms with van der Waals surface area (Å²) in [6.07, 6.45) is 4.73. The molecule has 0 aliphatic carbocycles. The number of anilines is 1. The van der Waals surface area contributed by atoms with E-state index in [0.717, 1.165) is 28.7 Å². The third kappa shape index (κ3) is 4.65. The van der Waals surface area contributed by atoms with Crippen LogP contribution in [0.15, 0.2) is 46.9 Å². The van der Waals surface area contributed by atoms with Crippen LogP contribution in [0.1, 0.15) is 41.6 Å². The number of rotatable bonds is 7. The first-order valence-corrected chi connectivity index (χ1v) is 9.64. The number of benzene rings is 1. The molecule has 3 aromatic rings. The summed E-state index contributed by atoms with van der Waals surface area (Å²) in [5, 5.41) is 4.07. The summed E-state index contributed by atoms with van der Waals surface area (Å²) in [7, 11) is 0. The Morgan fingerprint density at radius 1 is 1.22 bits per heavy atom. The molecule has 140 valence electrons. The number of esters is 1. The summed E-state index contributed by atoms with van der Waals surface area (Å²) >= 11 is 1.36. The van der Waals surface area contributed by atoms with Gasteiger partial charge in [0, 0.05) is 16.2 Å². The van der Waals surface area contributed by atoms with E-state index in [1.54, 1.807) is 12.1 Å². The number of amides is 1. The Bertz CT molecular complexity index is 983. The van der Waals surface area contributed by atoms with Crippen LogP contribution in [0.25, 0.3) is 16.2 Å². The van der Waals surface area contributed by atoms with E-state index in [4.69, 9.17) is 9.15 Å². The average molecular weight is 383 g/mol. The van der Waals surface area contributed by atoms with Crippen molar-refractivity contribution >= 4 is 44.4 Å². The van der Waals surface area contributed by atoms with Crippen LogP contribution in [0.5, 0.6) is 0 Å². The number of thiophene rings is 1. The van der Waals surface area contributed by atoms with Crippen molar-refractivity contribution in [2.75, 3.05) is 11.9 Å². The van der Waals surface area contributed by atoms with Gasteiger partial charge in [-0.15, -0.1) is 11.3 Å². The maximum atomic E-state index is 12.6. The van der Waals surface area contributed by atoms with Gasteiger partial charge >= 0.3 is 5.97 Å². The number of aryl methyl sites for hydroxylation is 1. The van der Waals surface area contributed by atoms with Gasteiger partial charge in [-0.3, -0.25) is 4.79 Å². The summed E-state index contributed by atoms with van der Waals surface area (Å²) in [6, 6.07) is 11.2. The summed E-state index contributed by atoms with van der Waals surface area (Å²) in [4.78, 5) is 24.9. The van der Waals surface area contributed by atoms with E-state index in [1.165, 1.54) is 17.4 Å². The third-order valence-electron chi connectivity index (χ3n) is 3.93. The first kappa shape index (κ1) is 18.9. The molecular weight excluding hydrogens is 362 g/mol. The van der Waals surface area contributed by atoms with Crippen molar-refractivity contribution in [3.8, 4) is 0 Å². The second-order valence-corrected chi connectivity index (χ2v) is 7.12. The molecule has 0 atom stereocenters. The summed E-state index contributed by atoms with van der Waals surface area (Å²) in [5.41, 5.74) is 0.405. The van der Waals surface area contributed by atoms with Crippen molar-refractivity contribution in [3.05, 3.63) is 59.6 Å². The van der Waals surface area contributed by atoms with Gasteiger partial charge in [-0.25, -0.2) is 4.79 Å². The highest BCUT2D eigenvalue weighted by Gasteiger charge is 2.21. The summed E-state index contributed by atoms with van der Waals surface area (Å²) < 4.78 is 11.7. The van der Waals surface area contributed by atoms with Crippen molar-refractivity contribution in [2.45, 2.75) is 26.7 Å². The average Bonchev–Trinajstić information content (AvgIpc) is 3.23. The largest absolute Gasteiger partial charge is 0.462 e. The first-order valence-electron chi connectivity index (χ1n) is 8.82. The van der Waals surface area contributed by atoms with Gasteiger partial charge in [0.2, 0.25) is 5.91 Å². The van der Waals surface area contributed by atoms with Crippen LogP contribution in [0, 0.1) is 6.92 Å². The normalized spacial score (nSPS) is 11.2. The Morgan fingerprint density at radius 2 is 2.04 bits per heavy atom. The minimum Gasteiger partial charge on any atom is -0.462 e. The molecule has 0 unspecified atom stereocenters. The Labute approximate surface area is 161 Å². The zero-order chi connectivity index (χ0) is 19.2. The second kappa shape index (κ2) is 8.68. The quantitative estimate of drug-likeness (QED) is 0.336. The number of ether oxygens (including phenoxy) is 1. The number of nitrogens with one attached hydrogen (secondary N) is 1. The fourth-order valence-corrected chi connectivity index (χ4v) is 3.67. The minimum atomic E-state index is -0.415. The highest BCUT2D eigenvalue weighted by atomic mass is 32.1. The van der Waals surface area contributed by atoms with Crippen LogP contribution in [0.3, 0.4) is 0 Å². The molecule has 0 radical (unpaired) electrons. The number of carbonyl (C=O) groups is 2. The zero-order valence-corrected chi connectivity index (χ0v) is 16.1. The lowest BCUT2D eigenvalue weighted by Crippen LogP contribution is -2.12. The monoisotopic (exact) mass is 383 g/mol. The molecule has 0 spiro atoms. The molecule has 0 aliphatic heterocycles. The van der Waals surface area contributed by atoms with Crippen molar-refractivity contribution in [1.29, 1.82) is 0 Å². The predicted octanol–water partition coefficient (Wildman–Crippen LogP) is 5.41. The van der Waals surface area contributed by atoms with E-state index >= 15 is 0 Å². The molecule has 3 rings (SSSR count). The van der Waals surface area contributed by atoms with E-state index in [1.807, 2.05) is 44.2 Å². The summed E-state index contributed by atoms with van der Waals surface area (Å²) in [6.45, 7) is 4.24. The number of unbranched alkanes of at least 4 members (excludes halogenated alkanes) is 1. The molecule has 2 heterocycles. The lowest BCUT2D eigenvalue weighted by molar-refractivity contribution is -0.111. The molecule has 0 saturated heterocycles. The van der Waals surface area contributed by atoms with Crippen LogP contribution >= 0.6 is 11.3 Å². The smallest absolute Gasteiger partial charge is 0.341 e. The fraction of sp³-hybridized carbons (Fsp3) is 0.238. The molecule has 6 heteroatoms. The standard InChI is InChI=1S/C21H21NO4S/c1-3-4-13-25-21(24)19-16-7-5-6-8-17(16)27-20(19)22-18(23)12-11-15-10-9-14(2)26-15/h5-12H,3-4,13H2,1-2H3,(H,22,23). The summed E-state index contributed by atoms with van der Waals surface area (Å²) in [5.74, 6) is 0.620. The molecule has 2 aromatic heterocycles. The molecule has 0 saturated carbocycles. The van der Waals surface area contributed by atoms with E-state index in [9.17, 15) is 9.59 Å². The lowest BCUT2D eigenvalue weighted by Gasteiger charge is -2.06. The van der Waals surface area contributed by atoms with Gasteiger partial charge in [0.1, 0.15) is 22.1 Å². The lowest BCUT2D eigenvalue weighted by atomic mass is 10.1. The highest BCUT2D eigenvalue weighted by Crippen LogP contribution is 2.36. The van der Waals surface area contributed by atoms with Crippen molar-refractivity contribution < 1.29 is 18.7 Å². The molecule has 0 fully saturated rings. The van der Waals surface area contributed by atoms with Crippen LogP contribution < -0.4 is 5.32 Å². The molecule has 0 bridgehead atoms. The molecule has 1 N–H and O–H groups in total. The Kier molecular flexibility index (Phi) is 6.08. The van der Waals surface area contributed by atoms with Gasteiger partial charge in [0.25, 0.3) is 0 Å². The van der Waals surface area contributed by atoms with E-state index in [2.05, 4.69) is 5.32 Å². The molecular formula is C21H21NO4S. The Balaban J connectivity index is 1.82. The molecule has 0 aliphatic rings. The SMILES string of the molecule is CCCCOC(=O)c1c(NC(=O)C=Cc2ccc(C)o2)sc2ccccc12. The van der Waals surface area contributed by atoms with Crippen LogP contribution in [-0.2, 0) is 9.53 Å². The minimum absolute atomic E-state index is 0.335. The number of hydrogen-bond donors (Lipinski definition) is 1. The van der Waals surface area contributed by atoms with E-state index in [-0.39, 0.29) is 5.91 Å². The van der Waals surface area contributed by atoms with Crippen LogP contribution in [-0.4, -0.2) is 18.5 Å². The van der Waals surface area contributed by atoms with E-state index in [0.29, 0.717) is 22.9 Å². The van der Waals surface area contributed by atoms with Crippen molar-refractivity contribution in [3.63, 3.8) is 0 Å². The predicted molar refractivity (Wildman–Crippen MR) is 108 cm³/mol. The van der Waals surface area contributed by atoms with Crippen molar-refractivity contribution in [1.82, 2.24) is 0 Å². The second-order valence-electron chi connectivity index (χ2n) is 6.06. The Morgan fingerprint density at radius 3 is 2.78 bits per heavy atom. The first-order chi connectivity index (χ1) is 13.1. The van der Waals surface area contributed by atoms with Gasteiger partial charge < -0.3 is 14.5 Å². The van der Waals surface area contributed by atoms with Gasteiger partial charge in [0.05, 0.1) is 6.61 Å².